The molecular weight excluding hydrogens is 468 g/mol. The van der Waals surface area contributed by atoms with Crippen LogP contribution in [-0.2, 0) is 4.74 Å². The second-order valence-electron chi connectivity index (χ2n) is 9.53. The van der Waals surface area contributed by atoms with Crippen molar-refractivity contribution >= 4 is 51.7 Å². The number of amides is 1. The number of rotatable bonds is 5. The van der Waals surface area contributed by atoms with Crippen molar-refractivity contribution < 1.29 is 14.3 Å². The number of aromatic nitrogens is 3. The number of hydrogen-bond acceptors (Lipinski definition) is 8. The largest absolute Gasteiger partial charge is 0.453 e. The Bertz CT molecular complexity index is 1260. The second-order valence-corrected chi connectivity index (χ2v) is 9.92. The number of nitrogens with one attached hydrogen (secondary N) is 1. The molecule has 1 atom stereocenters. The number of hydrogen-bond donors (Lipinski definition) is 1. The van der Waals surface area contributed by atoms with Crippen LogP contribution in [0.2, 0.25) is 5.15 Å². The zero-order valence-electron chi connectivity index (χ0n) is 20.5. The van der Waals surface area contributed by atoms with Gasteiger partial charge in [-0.1, -0.05) is 11.6 Å². The number of ether oxygens (including phenoxy) is 1. The Morgan fingerprint density at radius 2 is 1.94 bits per heavy atom. The molecule has 0 bridgehead atoms. The molecule has 0 saturated carbocycles. The van der Waals surface area contributed by atoms with Crippen molar-refractivity contribution in [1.29, 1.82) is 0 Å². The van der Waals surface area contributed by atoms with E-state index in [9.17, 15) is 9.59 Å². The van der Waals surface area contributed by atoms with E-state index in [4.69, 9.17) is 16.3 Å². The van der Waals surface area contributed by atoms with Gasteiger partial charge in [-0.15, -0.1) is 0 Å². The van der Waals surface area contributed by atoms with E-state index in [1.807, 2.05) is 32.9 Å². The number of carbonyl (C=O) groups is 2. The van der Waals surface area contributed by atoms with E-state index in [0.717, 1.165) is 18.8 Å². The molecule has 0 radical (unpaired) electrons. The third kappa shape index (κ3) is 5.14. The molecule has 0 spiro atoms. The molecule has 3 aromatic rings. The summed E-state index contributed by atoms with van der Waals surface area (Å²) in [7, 11) is 1.41. The van der Waals surface area contributed by atoms with E-state index < -0.39 is 0 Å². The number of anilines is 3. The normalized spacial score (nSPS) is 15.8. The van der Waals surface area contributed by atoms with E-state index in [0.29, 0.717) is 39.7 Å². The lowest BCUT2D eigenvalue weighted by molar-refractivity contribution is 0.0621. The summed E-state index contributed by atoms with van der Waals surface area (Å²) in [4.78, 5) is 42.0. The Kier molecular flexibility index (Phi) is 6.80. The van der Waals surface area contributed by atoms with Gasteiger partial charge < -0.3 is 15.0 Å². The molecule has 3 aromatic heterocycles. The minimum Gasteiger partial charge on any atom is -0.453 e. The van der Waals surface area contributed by atoms with Gasteiger partial charge in [0.15, 0.2) is 5.78 Å². The van der Waals surface area contributed by atoms with Gasteiger partial charge in [0.1, 0.15) is 16.5 Å². The van der Waals surface area contributed by atoms with Crippen LogP contribution in [0.15, 0.2) is 36.7 Å². The van der Waals surface area contributed by atoms with Crippen LogP contribution in [0.4, 0.5) is 22.0 Å². The quantitative estimate of drug-likeness (QED) is 0.386. The Labute approximate surface area is 209 Å². The first-order valence-electron chi connectivity index (χ1n) is 11.4. The van der Waals surface area contributed by atoms with Gasteiger partial charge >= 0.3 is 6.09 Å². The van der Waals surface area contributed by atoms with Gasteiger partial charge in [0, 0.05) is 24.8 Å². The Morgan fingerprint density at radius 1 is 1.17 bits per heavy atom. The summed E-state index contributed by atoms with van der Waals surface area (Å²) >= 11 is 6.11. The number of carbonyl (C=O) groups excluding carboxylic acids is 2. The highest BCUT2D eigenvalue weighted by Gasteiger charge is 2.38. The van der Waals surface area contributed by atoms with Crippen molar-refractivity contribution in [2.24, 2.45) is 0 Å². The summed E-state index contributed by atoms with van der Waals surface area (Å²) in [6.45, 7) is 8.94. The predicted octanol–water partition coefficient (Wildman–Crippen LogP) is 5.07. The fourth-order valence-corrected chi connectivity index (χ4v) is 4.60. The van der Waals surface area contributed by atoms with Gasteiger partial charge in [-0.3, -0.25) is 14.7 Å². The molecule has 1 unspecified atom stereocenters. The third-order valence-electron chi connectivity index (χ3n) is 6.02. The number of pyridine rings is 3. The standard InChI is InChI=1S/C25H29ClN6O3/c1-15(33)18-13-27-19-7-8-20(26)30-23(19)22(18)29-16-6-9-21(28-12-16)31-11-10-17(14-31)32(24(34)35-5)25(2,3)4/h6-9,12-13,17H,10-11,14H2,1-5H3,(H,27,29). The van der Waals surface area contributed by atoms with Crippen molar-refractivity contribution in [3.05, 3.63) is 47.4 Å². The number of ketones is 1. The summed E-state index contributed by atoms with van der Waals surface area (Å²) < 4.78 is 5.03. The first-order valence-corrected chi connectivity index (χ1v) is 11.8. The van der Waals surface area contributed by atoms with Crippen LogP contribution < -0.4 is 10.2 Å². The maximum absolute atomic E-state index is 12.4. The average molecular weight is 497 g/mol. The molecule has 35 heavy (non-hydrogen) atoms. The molecular formula is C25H29ClN6O3. The monoisotopic (exact) mass is 496 g/mol. The lowest BCUT2D eigenvalue weighted by atomic mass is 10.0. The van der Waals surface area contributed by atoms with Gasteiger partial charge in [-0.25, -0.2) is 14.8 Å². The molecule has 1 fully saturated rings. The van der Waals surface area contributed by atoms with E-state index >= 15 is 0 Å². The molecule has 9 nitrogen and oxygen atoms in total. The highest BCUT2D eigenvalue weighted by molar-refractivity contribution is 6.30. The first-order chi connectivity index (χ1) is 16.6. The number of fused-ring (bicyclic) bond motifs is 1. The molecule has 1 saturated heterocycles. The zero-order chi connectivity index (χ0) is 25.3. The van der Waals surface area contributed by atoms with Crippen molar-refractivity contribution in [3.63, 3.8) is 0 Å². The molecule has 4 rings (SSSR count). The van der Waals surface area contributed by atoms with Crippen LogP contribution in [0.5, 0.6) is 0 Å². The Balaban J connectivity index is 1.56. The number of Topliss-reactive ketones (excluding diaryl/α,β-unsaturated/α-hetero) is 1. The van der Waals surface area contributed by atoms with Crippen molar-refractivity contribution in [3.8, 4) is 0 Å². The highest BCUT2D eigenvalue weighted by Crippen LogP contribution is 2.31. The van der Waals surface area contributed by atoms with E-state index in [1.165, 1.54) is 20.2 Å². The van der Waals surface area contributed by atoms with Crippen LogP contribution in [0.25, 0.3) is 11.0 Å². The number of methoxy groups -OCH3 is 1. The summed E-state index contributed by atoms with van der Waals surface area (Å²) in [6.07, 6.45) is 3.75. The Hall–Kier alpha value is -3.46. The maximum Gasteiger partial charge on any atom is 0.410 e. The van der Waals surface area contributed by atoms with Crippen LogP contribution in [-0.4, -0.2) is 63.5 Å². The molecule has 0 aromatic carbocycles. The van der Waals surface area contributed by atoms with Gasteiger partial charge in [-0.05, 0) is 58.4 Å². The van der Waals surface area contributed by atoms with Gasteiger partial charge in [0.2, 0.25) is 0 Å². The third-order valence-corrected chi connectivity index (χ3v) is 6.23. The van der Waals surface area contributed by atoms with Gasteiger partial charge in [0.05, 0.1) is 41.8 Å². The summed E-state index contributed by atoms with van der Waals surface area (Å²) in [6, 6.07) is 7.27. The number of nitrogens with zero attached hydrogens (tertiary/aromatic N) is 5. The lowest BCUT2D eigenvalue weighted by Gasteiger charge is -2.38. The van der Waals surface area contributed by atoms with E-state index in [-0.39, 0.29) is 23.5 Å². The van der Waals surface area contributed by atoms with E-state index in [1.54, 1.807) is 23.2 Å². The molecule has 4 heterocycles. The predicted molar refractivity (Wildman–Crippen MR) is 137 cm³/mol. The van der Waals surface area contributed by atoms with Gasteiger partial charge in [-0.2, -0.15) is 0 Å². The molecule has 1 aliphatic rings. The van der Waals surface area contributed by atoms with E-state index in [2.05, 4.69) is 25.2 Å². The zero-order valence-corrected chi connectivity index (χ0v) is 21.3. The van der Waals surface area contributed by atoms with Crippen molar-refractivity contribution in [2.75, 3.05) is 30.4 Å². The number of halogens is 1. The fourth-order valence-electron chi connectivity index (χ4n) is 4.46. The highest BCUT2D eigenvalue weighted by atomic mass is 35.5. The lowest BCUT2D eigenvalue weighted by Crippen LogP contribution is -2.52. The molecule has 1 aliphatic heterocycles. The minimum absolute atomic E-state index is 0.0270. The maximum atomic E-state index is 12.4. The topological polar surface area (TPSA) is 101 Å². The van der Waals surface area contributed by atoms with Crippen LogP contribution in [0.3, 0.4) is 0 Å². The molecule has 184 valence electrons. The van der Waals surface area contributed by atoms with Gasteiger partial charge in [0.25, 0.3) is 0 Å². The fraction of sp³-hybridized carbons (Fsp3) is 0.400. The summed E-state index contributed by atoms with van der Waals surface area (Å²) in [5.41, 5.74) is 2.45. The van der Waals surface area contributed by atoms with Crippen molar-refractivity contribution in [1.82, 2.24) is 19.9 Å². The minimum atomic E-state index is -0.354. The Morgan fingerprint density at radius 3 is 2.57 bits per heavy atom. The molecule has 1 N–H and O–H groups in total. The molecule has 10 heteroatoms. The van der Waals surface area contributed by atoms with Crippen LogP contribution in [0.1, 0.15) is 44.5 Å². The summed E-state index contributed by atoms with van der Waals surface area (Å²) in [5, 5.41) is 3.59. The SMILES string of the molecule is COC(=O)N(C1CCN(c2ccc(Nc3c(C(C)=O)cnc4ccc(Cl)nc34)cn2)C1)C(C)(C)C. The van der Waals surface area contributed by atoms with Crippen LogP contribution in [0, 0.1) is 0 Å². The first kappa shape index (κ1) is 24.7. The average Bonchev–Trinajstić information content (AvgIpc) is 3.28. The second kappa shape index (κ2) is 9.65. The van der Waals surface area contributed by atoms with Crippen molar-refractivity contribution in [2.45, 2.75) is 45.7 Å². The smallest absolute Gasteiger partial charge is 0.410 e. The summed E-state index contributed by atoms with van der Waals surface area (Å²) in [5.74, 6) is 0.676. The molecule has 1 amide bonds. The molecule has 0 aliphatic carbocycles. The van der Waals surface area contributed by atoms with Crippen LogP contribution >= 0.6 is 11.6 Å².